The van der Waals surface area contributed by atoms with Gasteiger partial charge in [0.2, 0.25) is 0 Å². The van der Waals surface area contributed by atoms with Crippen molar-refractivity contribution in [3.8, 4) is 0 Å². The fraction of sp³-hybridized carbons (Fsp3) is 0.133. The van der Waals surface area contributed by atoms with E-state index in [0.29, 0.717) is 0 Å². The minimum atomic E-state index is -0.242. The number of pyridine rings is 1. The molecule has 0 radical (unpaired) electrons. The Morgan fingerprint density at radius 2 is 2.00 bits per heavy atom. The molecule has 0 saturated heterocycles. The molecular formula is C15H14N4. The van der Waals surface area contributed by atoms with E-state index in [0.717, 1.165) is 27.9 Å². The third-order valence-electron chi connectivity index (χ3n) is 3.14. The van der Waals surface area contributed by atoms with Gasteiger partial charge in [-0.25, -0.2) is 9.97 Å². The molecule has 0 saturated carbocycles. The summed E-state index contributed by atoms with van der Waals surface area (Å²) in [5.41, 5.74) is 10.1. The van der Waals surface area contributed by atoms with Crippen molar-refractivity contribution in [1.29, 1.82) is 0 Å². The summed E-state index contributed by atoms with van der Waals surface area (Å²) in [6.07, 6.45) is 3.22. The SMILES string of the molecule is Cc1ccc2cc(C(N)c3ccncn3)ccc2n1. The fourth-order valence-electron chi connectivity index (χ4n) is 2.10. The number of hydrogen-bond donors (Lipinski definition) is 1. The van der Waals surface area contributed by atoms with Crippen molar-refractivity contribution in [2.75, 3.05) is 0 Å². The van der Waals surface area contributed by atoms with E-state index < -0.39 is 0 Å². The third kappa shape index (κ3) is 2.30. The van der Waals surface area contributed by atoms with E-state index in [4.69, 9.17) is 5.73 Å². The van der Waals surface area contributed by atoms with Gasteiger partial charge in [-0.1, -0.05) is 12.1 Å². The minimum absolute atomic E-state index is 0.242. The van der Waals surface area contributed by atoms with Gasteiger partial charge in [0.05, 0.1) is 17.3 Å². The Hall–Kier alpha value is -2.33. The molecule has 0 bridgehead atoms. The third-order valence-corrected chi connectivity index (χ3v) is 3.14. The Bertz CT molecular complexity index is 710. The van der Waals surface area contributed by atoms with Crippen LogP contribution in [0.15, 0.2) is 48.9 Å². The van der Waals surface area contributed by atoms with Crippen LogP contribution >= 0.6 is 0 Å². The van der Waals surface area contributed by atoms with Crippen molar-refractivity contribution in [1.82, 2.24) is 15.0 Å². The summed E-state index contributed by atoms with van der Waals surface area (Å²) >= 11 is 0. The van der Waals surface area contributed by atoms with Gasteiger partial charge in [-0.15, -0.1) is 0 Å². The average Bonchev–Trinajstić information content (AvgIpc) is 2.47. The molecule has 2 heterocycles. The Balaban J connectivity index is 2.04. The molecule has 0 aliphatic heterocycles. The smallest absolute Gasteiger partial charge is 0.115 e. The zero-order valence-corrected chi connectivity index (χ0v) is 10.6. The van der Waals surface area contributed by atoms with Crippen LogP contribution in [0.3, 0.4) is 0 Å². The summed E-state index contributed by atoms with van der Waals surface area (Å²) in [6, 6.07) is 11.7. The topological polar surface area (TPSA) is 64.7 Å². The summed E-state index contributed by atoms with van der Waals surface area (Å²) in [4.78, 5) is 12.6. The Labute approximate surface area is 111 Å². The van der Waals surface area contributed by atoms with Crippen molar-refractivity contribution < 1.29 is 0 Å². The molecule has 4 heteroatoms. The van der Waals surface area contributed by atoms with E-state index in [9.17, 15) is 0 Å². The summed E-state index contributed by atoms with van der Waals surface area (Å²) < 4.78 is 0. The molecule has 1 aromatic carbocycles. The highest BCUT2D eigenvalue weighted by Gasteiger charge is 2.10. The number of aromatic nitrogens is 3. The molecule has 2 N–H and O–H groups in total. The zero-order chi connectivity index (χ0) is 13.2. The minimum Gasteiger partial charge on any atom is -0.319 e. The molecule has 3 rings (SSSR count). The second-order valence-electron chi connectivity index (χ2n) is 4.52. The second-order valence-corrected chi connectivity index (χ2v) is 4.52. The van der Waals surface area contributed by atoms with E-state index >= 15 is 0 Å². The summed E-state index contributed by atoms with van der Waals surface area (Å²) in [7, 11) is 0. The van der Waals surface area contributed by atoms with E-state index in [1.54, 1.807) is 6.20 Å². The lowest BCUT2D eigenvalue weighted by atomic mass is 10.0. The molecule has 94 valence electrons. The van der Waals surface area contributed by atoms with Crippen molar-refractivity contribution in [3.63, 3.8) is 0 Å². The van der Waals surface area contributed by atoms with Crippen LogP contribution in [0.25, 0.3) is 10.9 Å². The molecule has 0 spiro atoms. The van der Waals surface area contributed by atoms with E-state index in [1.807, 2.05) is 31.2 Å². The zero-order valence-electron chi connectivity index (χ0n) is 10.6. The van der Waals surface area contributed by atoms with Crippen LogP contribution in [-0.4, -0.2) is 15.0 Å². The van der Waals surface area contributed by atoms with Gasteiger partial charge in [0.1, 0.15) is 6.33 Å². The number of benzene rings is 1. The maximum Gasteiger partial charge on any atom is 0.115 e. The molecule has 2 aromatic heterocycles. The van der Waals surface area contributed by atoms with Crippen molar-refractivity contribution in [2.24, 2.45) is 5.73 Å². The number of nitrogens with two attached hydrogens (primary N) is 1. The lowest BCUT2D eigenvalue weighted by Gasteiger charge is -2.12. The highest BCUT2D eigenvalue weighted by Crippen LogP contribution is 2.21. The Kier molecular flexibility index (Phi) is 2.93. The molecule has 0 fully saturated rings. The molecule has 3 aromatic rings. The van der Waals surface area contributed by atoms with Gasteiger partial charge in [-0.2, -0.15) is 0 Å². The van der Waals surface area contributed by atoms with Crippen LogP contribution in [-0.2, 0) is 0 Å². The van der Waals surface area contributed by atoms with E-state index in [-0.39, 0.29) is 6.04 Å². The first-order chi connectivity index (χ1) is 9.24. The quantitative estimate of drug-likeness (QED) is 0.758. The lowest BCUT2D eigenvalue weighted by molar-refractivity contribution is 0.821. The molecule has 1 atom stereocenters. The van der Waals surface area contributed by atoms with Gasteiger partial charge in [0.25, 0.3) is 0 Å². The van der Waals surface area contributed by atoms with Gasteiger partial charge in [-0.3, -0.25) is 4.98 Å². The molecule has 1 unspecified atom stereocenters. The van der Waals surface area contributed by atoms with Crippen LogP contribution in [0.1, 0.15) is 23.0 Å². The molecule has 4 nitrogen and oxygen atoms in total. The van der Waals surface area contributed by atoms with Gasteiger partial charge in [-0.05, 0) is 36.8 Å². The number of aryl methyl sites for hydroxylation is 1. The van der Waals surface area contributed by atoms with Crippen molar-refractivity contribution >= 4 is 10.9 Å². The van der Waals surface area contributed by atoms with Gasteiger partial charge in [0, 0.05) is 17.3 Å². The maximum absolute atomic E-state index is 6.23. The lowest BCUT2D eigenvalue weighted by Crippen LogP contribution is -2.13. The van der Waals surface area contributed by atoms with Crippen LogP contribution < -0.4 is 5.73 Å². The number of hydrogen-bond acceptors (Lipinski definition) is 4. The molecule has 0 amide bonds. The highest BCUT2D eigenvalue weighted by molar-refractivity contribution is 5.79. The van der Waals surface area contributed by atoms with Crippen LogP contribution in [0, 0.1) is 6.92 Å². The predicted molar refractivity (Wildman–Crippen MR) is 74.5 cm³/mol. The van der Waals surface area contributed by atoms with Crippen LogP contribution in [0.5, 0.6) is 0 Å². The van der Waals surface area contributed by atoms with Crippen molar-refractivity contribution in [2.45, 2.75) is 13.0 Å². The molecule has 0 aliphatic rings. The summed E-state index contributed by atoms with van der Waals surface area (Å²) in [5, 5.41) is 1.09. The van der Waals surface area contributed by atoms with E-state index in [1.165, 1.54) is 6.33 Å². The summed E-state index contributed by atoms with van der Waals surface area (Å²) in [5.74, 6) is 0. The largest absolute Gasteiger partial charge is 0.319 e. The second kappa shape index (κ2) is 4.74. The number of fused-ring (bicyclic) bond motifs is 1. The van der Waals surface area contributed by atoms with E-state index in [2.05, 4.69) is 27.1 Å². The highest BCUT2D eigenvalue weighted by atomic mass is 14.8. The number of nitrogens with zero attached hydrogens (tertiary/aromatic N) is 3. The first kappa shape index (κ1) is 11.7. The standard InChI is InChI=1S/C15H14N4/c1-10-2-3-11-8-12(4-5-13(11)19-10)15(16)14-6-7-17-9-18-14/h2-9,15H,16H2,1H3. The fourth-order valence-corrected chi connectivity index (χ4v) is 2.10. The number of rotatable bonds is 2. The van der Waals surface area contributed by atoms with Crippen LogP contribution in [0.4, 0.5) is 0 Å². The first-order valence-corrected chi connectivity index (χ1v) is 6.13. The molecular weight excluding hydrogens is 236 g/mol. The normalized spacial score (nSPS) is 12.5. The monoisotopic (exact) mass is 250 g/mol. The molecule has 0 aliphatic carbocycles. The van der Waals surface area contributed by atoms with Gasteiger partial charge < -0.3 is 5.73 Å². The summed E-state index contributed by atoms with van der Waals surface area (Å²) in [6.45, 7) is 1.99. The molecule has 19 heavy (non-hydrogen) atoms. The predicted octanol–water partition coefficient (Wildman–Crippen LogP) is 2.38. The van der Waals surface area contributed by atoms with Crippen LogP contribution in [0.2, 0.25) is 0 Å². The maximum atomic E-state index is 6.23. The first-order valence-electron chi connectivity index (χ1n) is 6.13. The van der Waals surface area contributed by atoms with Crippen molar-refractivity contribution in [3.05, 3.63) is 65.9 Å². The Morgan fingerprint density at radius 1 is 1.11 bits per heavy atom. The average molecular weight is 250 g/mol. The van der Waals surface area contributed by atoms with Gasteiger partial charge in [0.15, 0.2) is 0 Å². The van der Waals surface area contributed by atoms with Gasteiger partial charge >= 0.3 is 0 Å². The Morgan fingerprint density at radius 3 is 2.79 bits per heavy atom.